The Labute approximate surface area is 171 Å². The van der Waals surface area contributed by atoms with Crippen LogP contribution in [0.2, 0.25) is 0 Å². The van der Waals surface area contributed by atoms with Gasteiger partial charge in [-0.25, -0.2) is 4.79 Å². The molecule has 0 radical (unpaired) electrons. The number of urea groups is 1. The average Bonchev–Trinajstić information content (AvgIpc) is 2.67. The summed E-state index contributed by atoms with van der Waals surface area (Å²) in [6, 6.07) is 7.10. The van der Waals surface area contributed by atoms with Crippen molar-refractivity contribution in [3.63, 3.8) is 0 Å². The minimum atomic E-state index is -0.361. The Morgan fingerprint density at radius 3 is 2.43 bits per heavy atom. The Bertz CT molecular complexity index is 732. The summed E-state index contributed by atoms with van der Waals surface area (Å²) in [4.78, 5) is 14.8. The summed E-state index contributed by atoms with van der Waals surface area (Å²) in [5, 5.41) is 3.44. The molecule has 0 aromatic heterocycles. The van der Waals surface area contributed by atoms with Crippen LogP contribution in [0.15, 0.2) is 30.0 Å². The number of aryl methyl sites for hydroxylation is 1. The molecule has 3 rings (SSSR count). The molecule has 1 aliphatic carbocycles. The van der Waals surface area contributed by atoms with Gasteiger partial charge in [-0.15, -0.1) is 0 Å². The molecule has 1 fully saturated rings. The van der Waals surface area contributed by atoms with Gasteiger partial charge in [0, 0.05) is 12.7 Å². The lowest BCUT2D eigenvalue weighted by Gasteiger charge is -2.44. The molecule has 28 heavy (non-hydrogen) atoms. The minimum Gasteiger partial charge on any atom is -0.324 e. The average molecular weight is 383 g/mol. The van der Waals surface area contributed by atoms with Gasteiger partial charge in [0.05, 0.1) is 5.54 Å². The third-order valence-electron chi connectivity index (χ3n) is 6.74. The Kier molecular flexibility index (Phi) is 6.52. The summed E-state index contributed by atoms with van der Waals surface area (Å²) in [6.45, 7) is 11.9. The lowest BCUT2D eigenvalue weighted by molar-refractivity contribution is 0.190. The van der Waals surface area contributed by atoms with E-state index in [1.165, 1.54) is 35.1 Å². The maximum absolute atomic E-state index is 12.9. The number of carbonyl (C=O) groups is 1. The standard InChI is InChI=1S/C25H38N2O/c1-6-12-25(21(9-4)17-27(13-7-2)24(28)26-25)22-10-11-23(19(8-3)16-22)20-14-18(5)15-20/h10-11,16-18,20H,6-9,12-15H2,1-5H3,(H,26,28)/t18?,20?,25-/m1/s1. The van der Waals surface area contributed by atoms with Crippen molar-refractivity contribution < 1.29 is 4.79 Å². The SMILES string of the molecule is CCCN1C=C(CC)[C@](CCC)(c2ccc(C3CC(C)C3)c(CC)c2)NC1=O. The third-order valence-corrected chi connectivity index (χ3v) is 6.74. The summed E-state index contributed by atoms with van der Waals surface area (Å²) < 4.78 is 0. The molecule has 1 saturated carbocycles. The van der Waals surface area contributed by atoms with Crippen LogP contribution in [0.4, 0.5) is 4.79 Å². The topological polar surface area (TPSA) is 32.3 Å². The van der Waals surface area contributed by atoms with Gasteiger partial charge in [0.2, 0.25) is 0 Å². The zero-order valence-corrected chi connectivity index (χ0v) is 18.5. The summed E-state index contributed by atoms with van der Waals surface area (Å²) in [5.41, 5.74) is 5.23. The largest absolute Gasteiger partial charge is 0.324 e. The second kappa shape index (κ2) is 8.71. The number of rotatable bonds is 8. The van der Waals surface area contributed by atoms with Crippen molar-refractivity contribution in [3.8, 4) is 0 Å². The van der Waals surface area contributed by atoms with Crippen molar-refractivity contribution in [1.82, 2.24) is 10.2 Å². The van der Waals surface area contributed by atoms with Gasteiger partial charge in [-0.3, -0.25) is 0 Å². The minimum absolute atomic E-state index is 0.0439. The first-order valence-corrected chi connectivity index (χ1v) is 11.4. The zero-order chi connectivity index (χ0) is 20.3. The quantitative estimate of drug-likeness (QED) is 0.548. The van der Waals surface area contributed by atoms with E-state index in [-0.39, 0.29) is 11.6 Å². The van der Waals surface area contributed by atoms with Crippen LogP contribution < -0.4 is 5.32 Å². The zero-order valence-electron chi connectivity index (χ0n) is 18.5. The molecule has 1 N–H and O–H groups in total. The number of benzene rings is 1. The summed E-state index contributed by atoms with van der Waals surface area (Å²) in [6.07, 6.45) is 9.71. The van der Waals surface area contributed by atoms with Crippen molar-refractivity contribution >= 4 is 6.03 Å². The fourth-order valence-electron chi connectivity index (χ4n) is 5.22. The summed E-state index contributed by atoms with van der Waals surface area (Å²) in [5.74, 6) is 1.58. The monoisotopic (exact) mass is 382 g/mol. The number of nitrogens with one attached hydrogen (secondary N) is 1. The number of hydrogen-bond acceptors (Lipinski definition) is 1. The van der Waals surface area contributed by atoms with E-state index < -0.39 is 0 Å². The molecule has 1 aromatic carbocycles. The number of carbonyl (C=O) groups excluding carboxylic acids is 1. The van der Waals surface area contributed by atoms with Crippen molar-refractivity contribution in [2.24, 2.45) is 5.92 Å². The summed E-state index contributed by atoms with van der Waals surface area (Å²) in [7, 11) is 0. The van der Waals surface area contributed by atoms with E-state index in [9.17, 15) is 4.79 Å². The highest BCUT2D eigenvalue weighted by molar-refractivity contribution is 5.79. The molecule has 0 saturated heterocycles. The van der Waals surface area contributed by atoms with Crippen LogP contribution in [-0.4, -0.2) is 17.5 Å². The maximum atomic E-state index is 12.9. The van der Waals surface area contributed by atoms with Crippen LogP contribution in [0.1, 0.15) is 95.8 Å². The highest BCUT2D eigenvalue weighted by atomic mass is 16.2. The van der Waals surface area contributed by atoms with Gasteiger partial charge in [-0.1, -0.05) is 59.2 Å². The van der Waals surface area contributed by atoms with E-state index in [1.807, 2.05) is 4.90 Å². The van der Waals surface area contributed by atoms with Crippen molar-refractivity contribution in [2.75, 3.05) is 6.54 Å². The molecule has 3 nitrogen and oxygen atoms in total. The first kappa shape index (κ1) is 21.0. The molecule has 0 spiro atoms. The van der Waals surface area contributed by atoms with Crippen LogP contribution in [0.3, 0.4) is 0 Å². The second-order valence-corrected chi connectivity index (χ2v) is 8.83. The lowest BCUT2D eigenvalue weighted by Crippen LogP contribution is -2.55. The van der Waals surface area contributed by atoms with E-state index in [1.54, 1.807) is 0 Å². The fourth-order valence-corrected chi connectivity index (χ4v) is 5.22. The molecule has 3 heteroatoms. The van der Waals surface area contributed by atoms with Gasteiger partial charge in [-0.2, -0.15) is 0 Å². The van der Waals surface area contributed by atoms with Crippen LogP contribution in [0, 0.1) is 5.92 Å². The molecule has 0 unspecified atom stereocenters. The van der Waals surface area contributed by atoms with Crippen molar-refractivity contribution in [3.05, 3.63) is 46.7 Å². The smallest absolute Gasteiger partial charge is 0.322 e. The van der Waals surface area contributed by atoms with Gasteiger partial charge in [0.15, 0.2) is 0 Å². The molecule has 154 valence electrons. The molecule has 2 amide bonds. The second-order valence-electron chi connectivity index (χ2n) is 8.83. The fraction of sp³-hybridized carbons (Fsp3) is 0.640. The lowest BCUT2D eigenvalue weighted by atomic mass is 9.69. The van der Waals surface area contributed by atoms with Crippen LogP contribution >= 0.6 is 0 Å². The first-order valence-electron chi connectivity index (χ1n) is 11.4. The predicted octanol–water partition coefficient (Wildman–Crippen LogP) is 6.49. The Morgan fingerprint density at radius 2 is 1.86 bits per heavy atom. The normalized spacial score (nSPS) is 27.2. The van der Waals surface area contributed by atoms with Crippen molar-refractivity contribution in [2.45, 2.75) is 91.0 Å². The molecular formula is C25H38N2O. The summed E-state index contributed by atoms with van der Waals surface area (Å²) >= 11 is 0. The number of nitrogens with zero attached hydrogens (tertiary/aromatic N) is 1. The Hall–Kier alpha value is -1.77. The van der Waals surface area contributed by atoms with Crippen LogP contribution in [0.25, 0.3) is 0 Å². The molecular weight excluding hydrogens is 344 g/mol. The highest BCUT2D eigenvalue weighted by Crippen LogP contribution is 2.45. The third kappa shape index (κ3) is 3.73. The molecule has 1 aromatic rings. The van der Waals surface area contributed by atoms with E-state index in [2.05, 4.69) is 64.3 Å². The van der Waals surface area contributed by atoms with Gasteiger partial charge in [0.1, 0.15) is 0 Å². The number of hydrogen-bond donors (Lipinski definition) is 1. The molecule has 1 atom stereocenters. The van der Waals surface area contributed by atoms with E-state index >= 15 is 0 Å². The van der Waals surface area contributed by atoms with Gasteiger partial charge in [0.25, 0.3) is 0 Å². The number of amides is 2. The highest BCUT2D eigenvalue weighted by Gasteiger charge is 2.41. The van der Waals surface area contributed by atoms with Gasteiger partial charge >= 0.3 is 6.03 Å². The van der Waals surface area contributed by atoms with Crippen LogP contribution in [-0.2, 0) is 12.0 Å². The predicted molar refractivity (Wildman–Crippen MR) is 117 cm³/mol. The molecule has 0 bridgehead atoms. The molecule has 1 aliphatic heterocycles. The van der Waals surface area contributed by atoms with Gasteiger partial charge < -0.3 is 10.2 Å². The van der Waals surface area contributed by atoms with E-state index in [4.69, 9.17) is 0 Å². The Balaban J connectivity index is 2.03. The first-order chi connectivity index (χ1) is 13.5. The van der Waals surface area contributed by atoms with E-state index in [0.29, 0.717) is 0 Å². The van der Waals surface area contributed by atoms with Crippen LogP contribution in [0.5, 0.6) is 0 Å². The molecule has 2 aliphatic rings. The molecule has 1 heterocycles. The van der Waals surface area contributed by atoms with E-state index in [0.717, 1.165) is 50.5 Å². The van der Waals surface area contributed by atoms with Gasteiger partial charge in [-0.05, 0) is 72.6 Å². The Morgan fingerprint density at radius 1 is 1.11 bits per heavy atom. The van der Waals surface area contributed by atoms with Crippen molar-refractivity contribution in [1.29, 1.82) is 0 Å². The maximum Gasteiger partial charge on any atom is 0.322 e.